The Kier molecular flexibility index (Phi) is 7.74. The molecule has 0 saturated heterocycles. The number of nitrogens with zero attached hydrogens (tertiary/aromatic N) is 2. The summed E-state index contributed by atoms with van der Waals surface area (Å²) in [4.78, 5) is 9.07. The van der Waals surface area contributed by atoms with Crippen molar-refractivity contribution >= 4 is 5.96 Å². The molecule has 1 aromatic heterocycles. The number of hydrogen-bond acceptors (Lipinski definition) is 4. The highest BCUT2D eigenvalue weighted by molar-refractivity contribution is 5.79. The van der Waals surface area contributed by atoms with Crippen LogP contribution in [0.25, 0.3) is 0 Å². The van der Waals surface area contributed by atoms with Gasteiger partial charge in [0, 0.05) is 18.2 Å². The number of aryl methyl sites for hydroxylation is 1. The summed E-state index contributed by atoms with van der Waals surface area (Å²) in [6.45, 7) is 8.61. The fourth-order valence-electron chi connectivity index (χ4n) is 2.43. The summed E-state index contributed by atoms with van der Waals surface area (Å²) in [5.74, 6) is 2.23. The van der Waals surface area contributed by atoms with E-state index in [1.165, 1.54) is 5.56 Å². The van der Waals surface area contributed by atoms with Gasteiger partial charge in [0.1, 0.15) is 5.75 Å². The Hall–Kier alpha value is -2.76. The van der Waals surface area contributed by atoms with Crippen molar-refractivity contribution in [3.05, 3.63) is 53.2 Å². The molecule has 0 fully saturated rings. The van der Waals surface area contributed by atoms with E-state index in [9.17, 15) is 0 Å². The van der Waals surface area contributed by atoms with Crippen LogP contribution in [-0.2, 0) is 13.1 Å². The third-order valence-electron chi connectivity index (χ3n) is 3.70. The van der Waals surface area contributed by atoms with Gasteiger partial charge in [-0.1, -0.05) is 18.2 Å². The zero-order valence-electron chi connectivity index (χ0n) is 16.0. The van der Waals surface area contributed by atoms with Gasteiger partial charge >= 0.3 is 0 Å². The summed E-state index contributed by atoms with van der Waals surface area (Å²) in [6.07, 6.45) is 0. The first kappa shape index (κ1) is 19.6. The highest BCUT2D eigenvalue weighted by Gasteiger charge is 2.05. The van der Waals surface area contributed by atoms with E-state index in [0.717, 1.165) is 29.5 Å². The Balaban J connectivity index is 2.06. The molecule has 0 aliphatic carbocycles. The van der Waals surface area contributed by atoms with Crippen LogP contribution in [0.5, 0.6) is 11.6 Å². The van der Waals surface area contributed by atoms with E-state index in [1.807, 2.05) is 32.0 Å². The summed E-state index contributed by atoms with van der Waals surface area (Å²) in [5.41, 5.74) is 3.13. The minimum Gasteiger partial charge on any atom is -0.494 e. The van der Waals surface area contributed by atoms with Gasteiger partial charge in [-0.2, -0.15) is 0 Å². The van der Waals surface area contributed by atoms with Crippen LogP contribution in [-0.4, -0.2) is 31.2 Å². The van der Waals surface area contributed by atoms with E-state index in [1.54, 1.807) is 7.11 Å². The molecule has 0 aliphatic heterocycles. The Morgan fingerprint density at radius 2 is 2.00 bits per heavy atom. The lowest BCUT2D eigenvalue weighted by Gasteiger charge is -2.13. The predicted molar refractivity (Wildman–Crippen MR) is 105 cm³/mol. The molecule has 0 atom stereocenters. The molecule has 0 amide bonds. The largest absolute Gasteiger partial charge is 0.494 e. The summed E-state index contributed by atoms with van der Waals surface area (Å²) in [5, 5.41) is 6.55. The first-order valence-electron chi connectivity index (χ1n) is 8.90. The smallest absolute Gasteiger partial charge is 0.213 e. The Bertz CT molecular complexity index is 732. The predicted octanol–water partition coefficient (Wildman–Crippen LogP) is 3.05. The first-order valence-corrected chi connectivity index (χ1v) is 8.90. The maximum absolute atomic E-state index is 5.73. The van der Waals surface area contributed by atoms with E-state index in [-0.39, 0.29) is 0 Å². The molecule has 0 spiro atoms. The molecule has 140 valence electrons. The molecule has 26 heavy (non-hydrogen) atoms. The molecule has 6 nitrogen and oxygen atoms in total. The van der Waals surface area contributed by atoms with Crippen molar-refractivity contribution in [1.29, 1.82) is 0 Å². The number of aromatic nitrogens is 1. The summed E-state index contributed by atoms with van der Waals surface area (Å²) >= 11 is 0. The summed E-state index contributed by atoms with van der Waals surface area (Å²) < 4.78 is 10.9. The number of guanidine groups is 1. The van der Waals surface area contributed by atoms with Crippen molar-refractivity contribution < 1.29 is 9.47 Å². The fourth-order valence-corrected chi connectivity index (χ4v) is 2.43. The van der Waals surface area contributed by atoms with Gasteiger partial charge in [-0.3, -0.25) is 0 Å². The second-order valence-electron chi connectivity index (χ2n) is 5.76. The maximum atomic E-state index is 5.73. The lowest BCUT2D eigenvalue weighted by molar-refractivity contribution is 0.336. The number of rotatable bonds is 8. The number of pyridine rings is 1. The minimum atomic E-state index is 0.538. The van der Waals surface area contributed by atoms with Gasteiger partial charge in [-0.05, 0) is 38.5 Å². The van der Waals surface area contributed by atoms with Crippen LogP contribution in [0.1, 0.15) is 30.7 Å². The normalized spacial score (nSPS) is 11.2. The minimum absolute atomic E-state index is 0.538. The molecule has 2 N–H and O–H groups in total. The zero-order valence-corrected chi connectivity index (χ0v) is 16.0. The van der Waals surface area contributed by atoms with Crippen molar-refractivity contribution in [2.45, 2.75) is 33.9 Å². The number of aliphatic imine (C=N–C) groups is 1. The number of ether oxygens (including phenoxy) is 2. The van der Waals surface area contributed by atoms with E-state index in [4.69, 9.17) is 9.47 Å². The third-order valence-corrected chi connectivity index (χ3v) is 3.70. The topological polar surface area (TPSA) is 67.8 Å². The molecule has 0 bridgehead atoms. The number of benzene rings is 1. The number of nitrogens with one attached hydrogen (secondary N) is 2. The van der Waals surface area contributed by atoms with Crippen molar-refractivity contribution in [1.82, 2.24) is 15.6 Å². The van der Waals surface area contributed by atoms with Crippen LogP contribution in [0.3, 0.4) is 0 Å². The Labute approximate surface area is 155 Å². The molecule has 1 heterocycles. The van der Waals surface area contributed by atoms with Crippen LogP contribution in [0.4, 0.5) is 0 Å². The van der Waals surface area contributed by atoms with E-state index >= 15 is 0 Å². The van der Waals surface area contributed by atoms with Gasteiger partial charge in [-0.15, -0.1) is 0 Å². The SMILES string of the molecule is CCNC(=NCc1ccc(C)cc1OCC)NCc1cccc(OC)n1. The van der Waals surface area contributed by atoms with Gasteiger partial charge in [-0.25, -0.2) is 9.98 Å². The van der Waals surface area contributed by atoms with E-state index in [2.05, 4.69) is 45.7 Å². The van der Waals surface area contributed by atoms with Crippen molar-refractivity contribution in [2.75, 3.05) is 20.3 Å². The molecular formula is C20H28N4O2. The highest BCUT2D eigenvalue weighted by Crippen LogP contribution is 2.21. The average molecular weight is 356 g/mol. The molecule has 0 radical (unpaired) electrons. The molecule has 6 heteroatoms. The quantitative estimate of drug-likeness (QED) is 0.562. The summed E-state index contributed by atoms with van der Waals surface area (Å²) in [6, 6.07) is 11.9. The molecule has 0 aliphatic rings. The zero-order chi connectivity index (χ0) is 18.8. The van der Waals surface area contributed by atoms with Crippen molar-refractivity contribution in [3.8, 4) is 11.6 Å². The Morgan fingerprint density at radius 1 is 1.15 bits per heavy atom. The van der Waals surface area contributed by atoms with Crippen LogP contribution in [0.2, 0.25) is 0 Å². The first-order chi connectivity index (χ1) is 12.7. The Morgan fingerprint density at radius 3 is 2.73 bits per heavy atom. The van der Waals surface area contributed by atoms with Crippen LogP contribution >= 0.6 is 0 Å². The number of methoxy groups -OCH3 is 1. The molecule has 0 unspecified atom stereocenters. The van der Waals surface area contributed by atoms with Crippen molar-refractivity contribution in [2.24, 2.45) is 4.99 Å². The maximum Gasteiger partial charge on any atom is 0.213 e. The van der Waals surface area contributed by atoms with Crippen molar-refractivity contribution in [3.63, 3.8) is 0 Å². The molecule has 0 saturated carbocycles. The van der Waals surface area contributed by atoms with Gasteiger partial charge in [0.2, 0.25) is 5.88 Å². The second-order valence-corrected chi connectivity index (χ2v) is 5.76. The lowest BCUT2D eigenvalue weighted by Crippen LogP contribution is -2.37. The third kappa shape index (κ3) is 5.95. The van der Waals surface area contributed by atoms with E-state index < -0.39 is 0 Å². The van der Waals surface area contributed by atoms with Crippen LogP contribution in [0, 0.1) is 6.92 Å². The number of hydrogen-bond donors (Lipinski definition) is 2. The summed E-state index contributed by atoms with van der Waals surface area (Å²) in [7, 11) is 1.61. The van der Waals surface area contributed by atoms with Crippen LogP contribution in [0.15, 0.2) is 41.4 Å². The average Bonchev–Trinajstić information content (AvgIpc) is 2.65. The second kappa shape index (κ2) is 10.3. The molecule has 2 rings (SSSR count). The highest BCUT2D eigenvalue weighted by atomic mass is 16.5. The monoisotopic (exact) mass is 356 g/mol. The van der Waals surface area contributed by atoms with Gasteiger partial charge in [0.25, 0.3) is 0 Å². The van der Waals surface area contributed by atoms with Gasteiger partial charge in [0.15, 0.2) is 5.96 Å². The fraction of sp³-hybridized carbons (Fsp3) is 0.400. The lowest BCUT2D eigenvalue weighted by atomic mass is 10.1. The molecule has 1 aromatic carbocycles. The van der Waals surface area contributed by atoms with Crippen LogP contribution < -0.4 is 20.1 Å². The standard InChI is InChI=1S/C20H28N4O2/c1-5-21-20(23-14-17-8-7-9-19(24-17)25-4)22-13-16-11-10-15(3)12-18(16)26-6-2/h7-12H,5-6,13-14H2,1-4H3,(H2,21,22,23). The van der Waals surface area contributed by atoms with E-state index in [0.29, 0.717) is 25.6 Å². The van der Waals surface area contributed by atoms with Gasteiger partial charge in [0.05, 0.1) is 32.5 Å². The van der Waals surface area contributed by atoms with Gasteiger partial charge < -0.3 is 20.1 Å². The molecule has 2 aromatic rings. The molecular weight excluding hydrogens is 328 g/mol.